The van der Waals surface area contributed by atoms with Crippen molar-refractivity contribution in [2.24, 2.45) is 11.3 Å². The van der Waals surface area contributed by atoms with E-state index in [2.05, 4.69) is 39.1 Å². The molecular formula is C46H58N4O9. The van der Waals surface area contributed by atoms with Gasteiger partial charge >= 0.3 is 17.9 Å². The Balaban J connectivity index is 1.36. The average Bonchev–Trinajstić information content (AvgIpc) is 3.90. The van der Waals surface area contributed by atoms with Gasteiger partial charge in [0, 0.05) is 90.9 Å². The molecule has 0 radical (unpaired) electrons. The van der Waals surface area contributed by atoms with Gasteiger partial charge in [0.15, 0.2) is 6.10 Å². The number of carbonyl (C=O) groups is 3. The van der Waals surface area contributed by atoms with E-state index in [0.717, 1.165) is 33.4 Å². The zero-order chi connectivity index (χ0) is 41.9. The molecule has 5 aliphatic heterocycles. The SMILES string of the molecule is CC[C@]1(O)CC2CN(CCc3c([nH]c4ccccc34)[C@@](C(=O)OC)(c3cc4c(cc3OC)N(C)C3[C@@](O)(C(=O)OC)C(OC(C)=O)[C@]5(CC)C=CCN6CC[C@]43C65)C2)C1. The number of nitrogens with zero attached hydrogens (tertiary/aromatic N) is 3. The van der Waals surface area contributed by atoms with E-state index >= 15 is 4.79 Å². The van der Waals surface area contributed by atoms with Crippen molar-refractivity contribution in [3.63, 3.8) is 0 Å². The van der Waals surface area contributed by atoms with Crippen molar-refractivity contribution in [3.8, 4) is 5.75 Å². The predicted molar refractivity (Wildman–Crippen MR) is 220 cm³/mol. The molecule has 3 N–H and O–H groups in total. The van der Waals surface area contributed by atoms with E-state index in [4.69, 9.17) is 18.9 Å². The second-order valence-corrected chi connectivity index (χ2v) is 18.2. The molecule has 6 aliphatic rings. The normalized spacial score (nSPS) is 37.0. The number of fused-ring (bicyclic) bond motifs is 6. The minimum absolute atomic E-state index is 0.0986. The molecule has 13 nitrogen and oxygen atoms in total. The van der Waals surface area contributed by atoms with Crippen LogP contribution in [0.5, 0.6) is 5.75 Å². The summed E-state index contributed by atoms with van der Waals surface area (Å²) >= 11 is 0. The molecule has 5 unspecified atom stereocenters. The van der Waals surface area contributed by atoms with Gasteiger partial charge in [-0.05, 0) is 74.2 Å². The number of aromatic nitrogens is 1. The minimum atomic E-state index is -2.30. The van der Waals surface area contributed by atoms with Crippen molar-refractivity contribution in [1.29, 1.82) is 0 Å². The third-order valence-electron chi connectivity index (χ3n) is 15.6. The van der Waals surface area contributed by atoms with Crippen LogP contribution in [0.3, 0.4) is 0 Å². The molecule has 1 aromatic heterocycles. The molecular weight excluding hydrogens is 753 g/mol. The summed E-state index contributed by atoms with van der Waals surface area (Å²) in [6.45, 7) is 8.62. The highest BCUT2D eigenvalue weighted by Gasteiger charge is 2.80. The molecule has 6 heterocycles. The van der Waals surface area contributed by atoms with E-state index in [1.165, 1.54) is 21.1 Å². The van der Waals surface area contributed by atoms with Crippen LogP contribution in [0, 0.1) is 11.3 Å². The molecule has 2 bridgehead atoms. The van der Waals surface area contributed by atoms with Gasteiger partial charge in [0.1, 0.15) is 11.2 Å². The van der Waals surface area contributed by atoms with Gasteiger partial charge in [0.05, 0.1) is 33.0 Å². The number of methoxy groups -OCH3 is 3. The Morgan fingerprint density at radius 2 is 1.71 bits per heavy atom. The molecule has 9 rings (SSSR count). The van der Waals surface area contributed by atoms with E-state index < -0.39 is 57.5 Å². The minimum Gasteiger partial charge on any atom is -0.496 e. The third-order valence-corrected chi connectivity index (χ3v) is 15.6. The zero-order valence-electron chi connectivity index (χ0n) is 35.3. The van der Waals surface area contributed by atoms with E-state index in [0.29, 0.717) is 82.6 Å². The van der Waals surface area contributed by atoms with Gasteiger partial charge in [-0.2, -0.15) is 0 Å². The summed E-state index contributed by atoms with van der Waals surface area (Å²) in [5.74, 6) is -1.56. The van der Waals surface area contributed by atoms with E-state index in [1.54, 1.807) is 7.11 Å². The first-order chi connectivity index (χ1) is 28.2. The molecule has 10 atom stereocenters. The smallest absolute Gasteiger partial charge is 0.344 e. The van der Waals surface area contributed by atoms with E-state index in [-0.39, 0.29) is 12.0 Å². The first-order valence-corrected chi connectivity index (χ1v) is 21.2. The van der Waals surface area contributed by atoms with Crippen molar-refractivity contribution in [2.45, 2.75) is 99.5 Å². The quantitative estimate of drug-likeness (QED) is 0.180. The van der Waals surface area contributed by atoms with Gasteiger partial charge in [-0.3, -0.25) is 19.4 Å². The standard InChI is InChI=1S/C46H58N4O9/c1-8-42(54)23-28-24-45(40(52)57-6,36-30(15-19-49(25-28)26-42)29-13-10-11-14-33(29)47-36)32-21-31-34(22-35(32)56-5)48(4)38-44(31)17-20-50-18-12-16-43(9-2,37(44)50)39(59-27(3)51)46(38,55)41(53)58-7/h10-14,16,21-22,28,37-39,47,54-55H,8-9,15,17-20,23-26H2,1-7H3/t28?,37?,38?,39?,42-,43+,44+,45-,46-/m0/s1. The highest BCUT2D eigenvalue weighted by Crippen LogP contribution is 2.68. The van der Waals surface area contributed by atoms with Crippen molar-refractivity contribution in [3.05, 3.63) is 70.9 Å². The fourth-order valence-electron chi connectivity index (χ4n) is 13.5. The number of nitrogens with one attached hydrogen (secondary N) is 1. The molecule has 3 fully saturated rings. The lowest BCUT2D eigenvalue weighted by molar-refractivity contribution is -0.228. The third kappa shape index (κ3) is 5.20. The number of carbonyl (C=O) groups excluding carboxylic acids is 3. The molecule has 1 aliphatic carbocycles. The number of esters is 3. The number of ether oxygens (including phenoxy) is 4. The molecule has 0 amide bonds. The van der Waals surface area contributed by atoms with Crippen molar-refractivity contribution >= 4 is 34.5 Å². The summed E-state index contributed by atoms with van der Waals surface area (Å²) in [5.41, 5.74) is -1.62. The predicted octanol–water partition coefficient (Wildman–Crippen LogP) is 3.99. The molecule has 59 heavy (non-hydrogen) atoms. The van der Waals surface area contributed by atoms with Crippen LogP contribution >= 0.6 is 0 Å². The lowest BCUT2D eigenvalue weighted by Gasteiger charge is -2.63. The highest BCUT2D eigenvalue weighted by molar-refractivity contribution is 5.95. The Hall–Kier alpha value is -4.43. The maximum Gasteiger partial charge on any atom is 0.344 e. The van der Waals surface area contributed by atoms with Gasteiger partial charge in [0.25, 0.3) is 0 Å². The summed E-state index contributed by atoms with van der Waals surface area (Å²) in [5, 5.41) is 26.3. The number of piperidine rings is 1. The molecule has 316 valence electrons. The van der Waals surface area contributed by atoms with Crippen LogP contribution < -0.4 is 9.64 Å². The van der Waals surface area contributed by atoms with Gasteiger partial charge < -0.3 is 39.0 Å². The maximum absolute atomic E-state index is 15.3. The maximum atomic E-state index is 15.3. The summed E-state index contributed by atoms with van der Waals surface area (Å²) < 4.78 is 23.9. The molecule has 2 aromatic carbocycles. The number of hydrogen-bond donors (Lipinski definition) is 3. The second-order valence-electron chi connectivity index (χ2n) is 18.2. The lowest BCUT2D eigenvalue weighted by Crippen LogP contribution is -2.81. The summed E-state index contributed by atoms with van der Waals surface area (Å²) in [7, 11) is 6.15. The Kier molecular flexibility index (Phi) is 9.36. The number of benzene rings is 2. The van der Waals surface area contributed by atoms with Gasteiger partial charge in [-0.15, -0.1) is 0 Å². The van der Waals surface area contributed by atoms with E-state index in [9.17, 15) is 19.8 Å². The molecule has 3 aromatic rings. The van der Waals surface area contributed by atoms with Crippen molar-refractivity contribution in [1.82, 2.24) is 14.8 Å². The first kappa shape index (κ1) is 40.0. The number of likely N-dealkylation sites (N-methyl/N-ethyl adjacent to an activating group) is 1. The number of para-hydroxylation sites is 1. The van der Waals surface area contributed by atoms with Crippen LogP contribution in [-0.4, -0.2) is 133 Å². The molecule has 1 saturated carbocycles. The first-order valence-electron chi connectivity index (χ1n) is 21.2. The molecule has 2 saturated heterocycles. The monoisotopic (exact) mass is 810 g/mol. The Morgan fingerprint density at radius 3 is 2.41 bits per heavy atom. The van der Waals surface area contributed by atoms with Crippen LogP contribution in [0.15, 0.2) is 48.6 Å². The van der Waals surface area contributed by atoms with Crippen molar-refractivity contribution < 1.29 is 43.5 Å². The number of aliphatic hydroxyl groups is 2. The largest absolute Gasteiger partial charge is 0.496 e. The highest BCUT2D eigenvalue weighted by atomic mass is 16.6. The Bertz CT molecular complexity index is 2260. The van der Waals surface area contributed by atoms with Gasteiger partial charge in [0.2, 0.25) is 5.60 Å². The number of aromatic amines is 1. The fraction of sp³-hybridized carbons (Fsp3) is 0.587. The van der Waals surface area contributed by atoms with Crippen molar-refractivity contribution in [2.75, 3.05) is 66.0 Å². The second kappa shape index (κ2) is 13.8. The molecule has 1 spiro atoms. The van der Waals surface area contributed by atoms with E-state index in [1.807, 2.05) is 50.1 Å². The van der Waals surface area contributed by atoms with Crippen LogP contribution in [0.25, 0.3) is 10.9 Å². The number of hydrogen-bond acceptors (Lipinski definition) is 12. The zero-order valence-corrected chi connectivity index (χ0v) is 35.3. The summed E-state index contributed by atoms with van der Waals surface area (Å²) in [6, 6.07) is 11.0. The summed E-state index contributed by atoms with van der Waals surface area (Å²) in [6.07, 6.45) is 5.94. The average molecular weight is 811 g/mol. The topological polar surface area (TPSA) is 154 Å². The van der Waals surface area contributed by atoms with Crippen LogP contribution in [0.4, 0.5) is 5.69 Å². The fourth-order valence-corrected chi connectivity index (χ4v) is 13.5. The number of anilines is 1. The van der Waals surface area contributed by atoms with Gasteiger partial charge in [-0.25, -0.2) is 4.79 Å². The number of rotatable bonds is 7. The lowest BCUT2D eigenvalue weighted by atomic mass is 9.47. The van der Waals surface area contributed by atoms with Gasteiger partial charge in [-0.1, -0.05) is 44.2 Å². The van der Waals surface area contributed by atoms with Crippen LogP contribution in [0.2, 0.25) is 0 Å². The van der Waals surface area contributed by atoms with Crippen LogP contribution in [0.1, 0.15) is 75.3 Å². The Morgan fingerprint density at radius 1 is 0.949 bits per heavy atom. The van der Waals surface area contributed by atoms with Crippen LogP contribution in [-0.2, 0) is 45.8 Å². The molecule has 13 heteroatoms. The summed E-state index contributed by atoms with van der Waals surface area (Å²) in [4.78, 5) is 53.2. The number of H-pyrrole nitrogens is 1. The Labute approximate surface area is 345 Å².